The van der Waals surface area contributed by atoms with Crippen molar-refractivity contribution in [1.82, 2.24) is 4.90 Å². The highest BCUT2D eigenvalue weighted by molar-refractivity contribution is 7.80. The molecule has 2 amide bonds. The highest BCUT2D eigenvalue weighted by atomic mass is 32.1. The number of imide groups is 1. The van der Waals surface area contributed by atoms with Crippen molar-refractivity contribution in [2.45, 2.75) is 38.1 Å². The summed E-state index contributed by atoms with van der Waals surface area (Å²) < 4.78 is 0. The quantitative estimate of drug-likeness (QED) is 0.673. The van der Waals surface area contributed by atoms with Gasteiger partial charge in [0.15, 0.2) is 0 Å². The summed E-state index contributed by atoms with van der Waals surface area (Å²) in [6.45, 7) is 2.17. The molecule has 0 atom stereocenters. The van der Waals surface area contributed by atoms with Gasteiger partial charge < -0.3 is 5.73 Å². The molecule has 21 heavy (non-hydrogen) atoms. The van der Waals surface area contributed by atoms with Gasteiger partial charge in [0.05, 0.1) is 16.1 Å². The lowest BCUT2D eigenvalue weighted by molar-refractivity contribution is 0.0447. The van der Waals surface area contributed by atoms with Crippen LogP contribution in [0.3, 0.4) is 0 Å². The molecule has 5 heteroatoms. The van der Waals surface area contributed by atoms with Crippen LogP contribution in [0.25, 0.3) is 0 Å². The first-order valence-electron chi connectivity index (χ1n) is 7.25. The Hall–Kier alpha value is -1.75. The fourth-order valence-corrected chi connectivity index (χ4v) is 3.69. The van der Waals surface area contributed by atoms with Crippen LogP contribution in [0.1, 0.15) is 53.3 Å². The molecule has 1 heterocycles. The molecule has 1 aliphatic heterocycles. The third-order valence-corrected chi connectivity index (χ3v) is 5.16. The number of amides is 2. The Morgan fingerprint density at radius 1 is 1.19 bits per heavy atom. The van der Waals surface area contributed by atoms with E-state index < -0.39 is 5.54 Å². The standard InChI is InChI=1S/C16H18N2O2S/c1-10-6-8-16(9-7-10,15(17)21)18-13(19)11-4-2-3-5-12(11)14(18)20/h2-5,10H,6-9H2,1H3,(H2,17,21). The molecule has 0 saturated heterocycles. The van der Waals surface area contributed by atoms with Gasteiger partial charge in [0.25, 0.3) is 11.8 Å². The number of nitrogens with two attached hydrogens (primary N) is 1. The van der Waals surface area contributed by atoms with Gasteiger partial charge in [0.2, 0.25) is 0 Å². The topological polar surface area (TPSA) is 63.4 Å². The summed E-state index contributed by atoms with van der Waals surface area (Å²) in [7, 11) is 0. The van der Waals surface area contributed by atoms with Crippen molar-refractivity contribution in [3.63, 3.8) is 0 Å². The number of carbonyl (C=O) groups is 2. The number of fused-ring (bicyclic) bond motifs is 1. The summed E-state index contributed by atoms with van der Waals surface area (Å²) in [5.41, 5.74) is 6.09. The normalized spacial score (nSPS) is 28.6. The Bertz CT molecular complexity index is 598. The Morgan fingerprint density at radius 2 is 1.67 bits per heavy atom. The molecule has 0 bridgehead atoms. The van der Waals surface area contributed by atoms with E-state index in [4.69, 9.17) is 18.0 Å². The second kappa shape index (κ2) is 4.91. The van der Waals surface area contributed by atoms with E-state index in [0.717, 1.165) is 12.8 Å². The first kappa shape index (κ1) is 14.2. The van der Waals surface area contributed by atoms with Crippen LogP contribution in [0.4, 0.5) is 0 Å². The Morgan fingerprint density at radius 3 is 2.10 bits per heavy atom. The molecule has 1 fully saturated rings. The predicted octanol–water partition coefficient (Wildman–Crippen LogP) is 2.52. The van der Waals surface area contributed by atoms with Gasteiger partial charge in [-0.15, -0.1) is 0 Å². The number of thiocarbonyl (C=S) groups is 1. The monoisotopic (exact) mass is 302 g/mol. The zero-order valence-corrected chi connectivity index (χ0v) is 12.8. The van der Waals surface area contributed by atoms with Crippen molar-refractivity contribution < 1.29 is 9.59 Å². The zero-order chi connectivity index (χ0) is 15.2. The molecule has 0 unspecified atom stereocenters. The number of benzene rings is 1. The average Bonchev–Trinajstić information content (AvgIpc) is 2.73. The molecule has 2 aliphatic rings. The molecule has 1 aromatic rings. The second-order valence-electron chi connectivity index (χ2n) is 6.07. The lowest BCUT2D eigenvalue weighted by Gasteiger charge is -2.44. The second-order valence-corrected chi connectivity index (χ2v) is 6.51. The van der Waals surface area contributed by atoms with Crippen molar-refractivity contribution in [2.24, 2.45) is 11.7 Å². The molecule has 110 valence electrons. The minimum absolute atomic E-state index is 0.254. The van der Waals surface area contributed by atoms with Crippen LogP contribution in [0.15, 0.2) is 24.3 Å². The maximum atomic E-state index is 12.7. The third kappa shape index (κ3) is 1.99. The number of hydrogen-bond acceptors (Lipinski definition) is 3. The summed E-state index contributed by atoms with van der Waals surface area (Å²) >= 11 is 5.25. The SMILES string of the molecule is CC1CCC(C(N)=S)(N2C(=O)c3ccccc3C2=O)CC1. The highest BCUT2D eigenvalue weighted by Gasteiger charge is 2.51. The van der Waals surface area contributed by atoms with Crippen LogP contribution in [-0.2, 0) is 0 Å². The first-order valence-corrected chi connectivity index (χ1v) is 7.66. The van der Waals surface area contributed by atoms with Gasteiger partial charge in [-0.1, -0.05) is 31.3 Å². The van der Waals surface area contributed by atoms with Crippen LogP contribution >= 0.6 is 12.2 Å². The van der Waals surface area contributed by atoms with E-state index in [0.29, 0.717) is 29.9 Å². The Kier molecular flexibility index (Phi) is 3.32. The van der Waals surface area contributed by atoms with Crippen molar-refractivity contribution >= 4 is 29.0 Å². The van der Waals surface area contributed by atoms with Crippen molar-refractivity contribution in [1.29, 1.82) is 0 Å². The fourth-order valence-electron chi connectivity index (χ4n) is 3.40. The van der Waals surface area contributed by atoms with E-state index in [1.807, 2.05) is 0 Å². The van der Waals surface area contributed by atoms with Crippen LogP contribution in [-0.4, -0.2) is 27.2 Å². The highest BCUT2D eigenvalue weighted by Crippen LogP contribution is 2.40. The molecule has 0 aromatic heterocycles. The van der Waals surface area contributed by atoms with Crippen molar-refractivity contribution in [3.05, 3.63) is 35.4 Å². The molecule has 1 saturated carbocycles. The van der Waals surface area contributed by atoms with Crippen LogP contribution in [0, 0.1) is 5.92 Å². The zero-order valence-electron chi connectivity index (χ0n) is 12.0. The number of rotatable bonds is 2. The summed E-state index contributed by atoms with van der Waals surface area (Å²) in [5, 5.41) is 0. The van der Waals surface area contributed by atoms with Crippen molar-refractivity contribution in [2.75, 3.05) is 0 Å². The first-order chi connectivity index (χ1) is 9.97. The van der Waals surface area contributed by atoms with E-state index in [-0.39, 0.29) is 16.8 Å². The summed E-state index contributed by atoms with van der Waals surface area (Å²) in [6, 6.07) is 6.91. The lowest BCUT2D eigenvalue weighted by Crippen LogP contribution is -2.60. The van der Waals surface area contributed by atoms with Crippen LogP contribution in [0.2, 0.25) is 0 Å². The minimum atomic E-state index is -0.797. The van der Waals surface area contributed by atoms with Crippen molar-refractivity contribution in [3.8, 4) is 0 Å². The third-order valence-electron chi connectivity index (χ3n) is 4.78. The van der Waals surface area contributed by atoms with Gasteiger partial charge in [0.1, 0.15) is 5.54 Å². The molecule has 2 N–H and O–H groups in total. The number of nitrogens with zero attached hydrogens (tertiary/aromatic N) is 1. The van der Waals surface area contributed by atoms with Gasteiger partial charge in [0, 0.05) is 0 Å². The lowest BCUT2D eigenvalue weighted by atomic mass is 9.76. The van der Waals surface area contributed by atoms with E-state index in [1.54, 1.807) is 24.3 Å². The number of carbonyl (C=O) groups excluding carboxylic acids is 2. The molecule has 0 spiro atoms. The maximum absolute atomic E-state index is 12.7. The van der Waals surface area contributed by atoms with E-state index in [1.165, 1.54) is 4.90 Å². The predicted molar refractivity (Wildman–Crippen MR) is 84.1 cm³/mol. The average molecular weight is 302 g/mol. The van der Waals surface area contributed by atoms with Gasteiger partial charge in [-0.2, -0.15) is 0 Å². The molecule has 0 radical (unpaired) electrons. The van der Waals surface area contributed by atoms with Gasteiger partial charge in [-0.25, -0.2) is 0 Å². The summed E-state index contributed by atoms with van der Waals surface area (Å²) in [5.74, 6) is 0.0403. The Labute approximate surface area is 129 Å². The molecule has 4 nitrogen and oxygen atoms in total. The molecular weight excluding hydrogens is 284 g/mol. The van der Waals surface area contributed by atoms with Crippen LogP contribution in [0.5, 0.6) is 0 Å². The van der Waals surface area contributed by atoms with Gasteiger partial charge in [-0.3, -0.25) is 14.5 Å². The smallest absolute Gasteiger partial charge is 0.262 e. The van der Waals surface area contributed by atoms with E-state index in [9.17, 15) is 9.59 Å². The summed E-state index contributed by atoms with van der Waals surface area (Å²) in [4.78, 5) is 27.0. The molecule has 3 rings (SSSR count). The molecule has 1 aliphatic carbocycles. The fraction of sp³-hybridized carbons (Fsp3) is 0.438. The maximum Gasteiger partial charge on any atom is 0.262 e. The minimum Gasteiger partial charge on any atom is -0.391 e. The van der Waals surface area contributed by atoms with Gasteiger partial charge in [-0.05, 0) is 43.7 Å². The van der Waals surface area contributed by atoms with Crippen LogP contribution < -0.4 is 5.73 Å². The summed E-state index contributed by atoms with van der Waals surface area (Å²) in [6.07, 6.45) is 3.17. The van der Waals surface area contributed by atoms with E-state index in [2.05, 4.69) is 6.92 Å². The van der Waals surface area contributed by atoms with E-state index >= 15 is 0 Å². The molecular formula is C16H18N2O2S. The number of hydrogen-bond donors (Lipinski definition) is 1. The Balaban J connectivity index is 2.05. The largest absolute Gasteiger partial charge is 0.391 e. The molecule has 1 aromatic carbocycles. The van der Waals surface area contributed by atoms with Gasteiger partial charge >= 0.3 is 0 Å².